The molecule has 0 radical (unpaired) electrons. The van der Waals surface area contributed by atoms with Crippen LogP contribution in [0, 0.1) is 0 Å². The second kappa shape index (κ2) is 6.25. The summed E-state index contributed by atoms with van der Waals surface area (Å²) in [7, 11) is 0. The van der Waals surface area contributed by atoms with E-state index in [4.69, 9.17) is 4.74 Å². The van der Waals surface area contributed by atoms with Gasteiger partial charge in [-0.1, -0.05) is 24.3 Å². The number of hydrogen-bond acceptors (Lipinski definition) is 4. The highest BCUT2D eigenvalue weighted by molar-refractivity contribution is 6.03. The van der Waals surface area contributed by atoms with Gasteiger partial charge in [-0.05, 0) is 47.5 Å². The average molecular weight is 356 g/mol. The Labute approximate surface area is 155 Å². The van der Waals surface area contributed by atoms with Gasteiger partial charge in [0.05, 0.1) is 6.61 Å². The Morgan fingerprint density at radius 2 is 1.89 bits per heavy atom. The zero-order chi connectivity index (χ0) is 18.2. The van der Waals surface area contributed by atoms with Crippen molar-refractivity contribution in [1.82, 2.24) is 14.6 Å². The van der Waals surface area contributed by atoms with Crippen LogP contribution in [0.5, 0.6) is 5.75 Å². The van der Waals surface area contributed by atoms with E-state index in [-0.39, 0.29) is 11.9 Å². The summed E-state index contributed by atoms with van der Waals surface area (Å²) in [6.45, 7) is 0.741. The number of carbonyl (C=O) groups excluding carboxylic acids is 1. The summed E-state index contributed by atoms with van der Waals surface area (Å²) in [6, 6.07) is 19.1. The molecule has 2 aromatic heterocycles. The Balaban J connectivity index is 1.44. The van der Waals surface area contributed by atoms with Crippen molar-refractivity contribution >= 4 is 17.5 Å². The minimum absolute atomic E-state index is 0.231. The van der Waals surface area contributed by atoms with E-state index in [1.165, 1.54) is 5.56 Å². The SMILES string of the molecule is O=C(Nc1nc2ccc(-c3ccc4c(c3)CCO4)cn2n1)c1ccccc1. The standard InChI is InChI=1S/C21H16N4O2/c26-20(14-4-2-1-3-5-14)23-21-22-19-9-7-17(13-25(19)24-21)15-6-8-18-16(12-15)10-11-27-18/h1-9,12-13H,10-11H2,(H,23,24,26). The minimum Gasteiger partial charge on any atom is -0.493 e. The fraction of sp³-hybridized carbons (Fsp3) is 0.0952. The van der Waals surface area contributed by atoms with Crippen molar-refractivity contribution in [1.29, 1.82) is 0 Å². The van der Waals surface area contributed by atoms with Gasteiger partial charge >= 0.3 is 0 Å². The molecule has 1 aliphatic rings. The molecule has 5 rings (SSSR count). The van der Waals surface area contributed by atoms with E-state index < -0.39 is 0 Å². The van der Waals surface area contributed by atoms with Crippen LogP contribution in [-0.2, 0) is 6.42 Å². The molecule has 0 atom stereocenters. The maximum absolute atomic E-state index is 12.3. The average Bonchev–Trinajstić information content (AvgIpc) is 3.33. The van der Waals surface area contributed by atoms with Crippen LogP contribution in [0.15, 0.2) is 66.9 Å². The number of nitrogens with one attached hydrogen (secondary N) is 1. The lowest BCUT2D eigenvalue weighted by Crippen LogP contribution is -2.12. The highest BCUT2D eigenvalue weighted by atomic mass is 16.5. The zero-order valence-corrected chi connectivity index (χ0v) is 14.4. The predicted octanol–water partition coefficient (Wildman–Crippen LogP) is 3.58. The first-order chi connectivity index (χ1) is 13.3. The summed E-state index contributed by atoms with van der Waals surface area (Å²) in [5.41, 5.74) is 4.60. The summed E-state index contributed by atoms with van der Waals surface area (Å²) >= 11 is 0. The van der Waals surface area contributed by atoms with E-state index in [1.807, 2.05) is 48.7 Å². The van der Waals surface area contributed by atoms with Crippen LogP contribution >= 0.6 is 0 Å². The molecule has 1 amide bonds. The first-order valence-electron chi connectivity index (χ1n) is 8.75. The van der Waals surface area contributed by atoms with Gasteiger partial charge in [-0.2, -0.15) is 4.98 Å². The van der Waals surface area contributed by atoms with Gasteiger partial charge in [-0.3, -0.25) is 10.1 Å². The smallest absolute Gasteiger partial charge is 0.258 e. The second-order valence-electron chi connectivity index (χ2n) is 6.40. The molecule has 2 aromatic carbocycles. The van der Waals surface area contributed by atoms with Gasteiger partial charge in [-0.25, -0.2) is 4.52 Å². The van der Waals surface area contributed by atoms with E-state index in [2.05, 4.69) is 21.5 Å². The van der Waals surface area contributed by atoms with E-state index in [0.29, 0.717) is 11.2 Å². The van der Waals surface area contributed by atoms with E-state index in [1.54, 1.807) is 16.6 Å². The van der Waals surface area contributed by atoms with Crippen molar-refractivity contribution in [2.75, 3.05) is 11.9 Å². The first kappa shape index (κ1) is 15.6. The summed E-state index contributed by atoms with van der Waals surface area (Å²) in [6.07, 6.45) is 2.85. The summed E-state index contributed by atoms with van der Waals surface area (Å²) in [4.78, 5) is 16.6. The van der Waals surface area contributed by atoms with Crippen LogP contribution in [0.4, 0.5) is 5.95 Å². The van der Waals surface area contributed by atoms with Gasteiger partial charge in [0.25, 0.3) is 5.91 Å². The zero-order valence-electron chi connectivity index (χ0n) is 14.4. The number of ether oxygens (including phenoxy) is 1. The molecule has 1 N–H and O–H groups in total. The van der Waals surface area contributed by atoms with E-state index in [9.17, 15) is 4.79 Å². The van der Waals surface area contributed by atoms with Crippen molar-refractivity contribution < 1.29 is 9.53 Å². The number of rotatable bonds is 3. The third-order valence-corrected chi connectivity index (χ3v) is 4.62. The number of pyridine rings is 1. The number of nitrogens with zero attached hydrogens (tertiary/aromatic N) is 3. The fourth-order valence-corrected chi connectivity index (χ4v) is 3.24. The van der Waals surface area contributed by atoms with Crippen LogP contribution in [0.1, 0.15) is 15.9 Å². The maximum Gasteiger partial charge on any atom is 0.258 e. The third-order valence-electron chi connectivity index (χ3n) is 4.62. The molecule has 6 nitrogen and oxygen atoms in total. The molecule has 0 fully saturated rings. The highest BCUT2D eigenvalue weighted by Crippen LogP contribution is 2.30. The Hall–Kier alpha value is -3.67. The Kier molecular flexibility index (Phi) is 3.60. The molecule has 1 aliphatic heterocycles. The monoisotopic (exact) mass is 356 g/mol. The van der Waals surface area contributed by atoms with E-state index in [0.717, 1.165) is 29.9 Å². The van der Waals surface area contributed by atoms with E-state index >= 15 is 0 Å². The van der Waals surface area contributed by atoms with Crippen molar-refractivity contribution in [3.63, 3.8) is 0 Å². The molecule has 132 valence electrons. The fourth-order valence-electron chi connectivity index (χ4n) is 3.24. The van der Waals surface area contributed by atoms with Crippen LogP contribution in [0.25, 0.3) is 16.8 Å². The van der Waals surface area contributed by atoms with Gasteiger partial charge in [0.1, 0.15) is 5.75 Å². The van der Waals surface area contributed by atoms with Gasteiger partial charge < -0.3 is 4.74 Å². The summed E-state index contributed by atoms with van der Waals surface area (Å²) < 4.78 is 7.25. The third kappa shape index (κ3) is 2.91. The second-order valence-corrected chi connectivity index (χ2v) is 6.40. The molecule has 4 aromatic rings. The Bertz CT molecular complexity index is 1150. The topological polar surface area (TPSA) is 68.5 Å². The number of carbonyl (C=O) groups is 1. The molecule has 0 saturated heterocycles. The molecule has 0 saturated carbocycles. The van der Waals surface area contributed by atoms with Gasteiger partial charge in [0.2, 0.25) is 5.95 Å². The highest BCUT2D eigenvalue weighted by Gasteiger charge is 2.14. The number of benzene rings is 2. The van der Waals surface area contributed by atoms with Crippen LogP contribution in [-0.4, -0.2) is 27.1 Å². The number of anilines is 1. The molecule has 0 unspecified atom stereocenters. The van der Waals surface area contributed by atoms with Gasteiger partial charge in [-0.15, -0.1) is 5.10 Å². The molecular formula is C21H16N4O2. The lowest BCUT2D eigenvalue weighted by Gasteiger charge is -2.04. The first-order valence-corrected chi connectivity index (χ1v) is 8.75. The summed E-state index contributed by atoms with van der Waals surface area (Å²) in [5.74, 6) is 1.01. The van der Waals surface area contributed by atoms with Crippen molar-refractivity contribution in [3.8, 4) is 16.9 Å². The lowest BCUT2D eigenvalue weighted by molar-refractivity contribution is 0.102. The Morgan fingerprint density at radius 1 is 1.04 bits per heavy atom. The predicted molar refractivity (Wildman–Crippen MR) is 102 cm³/mol. The maximum atomic E-state index is 12.3. The number of hydrogen-bond donors (Lipinski definition) is 1. The number of aromatic nitrogens is 3. The van der Waals surface area contributed by atoms with Crippen LogP contribution < -0.4 is 10.1 Å². The quantitative estimate of drug-likeness (QED) is 0.609. The largest absolute Gasteiger partial charge is 0.493 e. The molecule has 27 heavy (non-hydrogen) atoms. The molecule has 6 heteroatoms. The molecule has 0 aliphatic carbocycles. The Morgan fingerprint density at radius 3 is 2.78 bits per heavy atom. The summed E-state index contributed by atoms with van der Waals surface area (Å²) in [5, 5.41) is 7.13. The normalized spacial score (nSPS) is 12.6. The molecule has 3 heterocycles. The van der Waals surface area contributed by atoms with Crippen molar-refractivity contribution in [2.24, 2.45) is 0 Å². The van der Waals surface area contributed by atoms with Crippen molar-refractivity contribution in [2.45, 2.75) is 6.42 Å². The lowest BCUT2D eigenvalue weighted by atomic mass is 10.0. The van der Waals surface area contributed by atoms with Crippen molar-refractivity contribution in [3.05, 3.63) is 78.0 Å². The van der Waals surface area contributed by atoms with Gasteiger partial charge in [0, 0.05) is 23.7 Å². The number of fused-ring (bicyclic) bond motifs is 2. The number of amides is 1. The van der Waals surface area contributed by atoms with Gasteiger partial charge in [0.15, 0.2) is 5.65 Å². The molecular weight excluding hydrogens is 340 g/mol. The molecule has 0 spiro atoms. The minimum atomic E-state index is -0.231. The van der Waals surface area contributed by atoms with Crippen LogP contribution in [0.3, 0.4) is 0 Å². The molecule has 0 bridgehead atoms. The van der Waals surface area contributed by atoms with Crippen LogP contribution in [0.2, 0.25) is 0 Å².